The first-order valence-electron chi connectivity index (χ1n) is 9.38. The van der Waals surface area contributed by atoms with Gasteiger partial charge in [-0.1, -0.05) is 42.5 Å². The number of nitrogens with one attached hydrogen (secondary N) is 1. The molecule has 0 aliphatic carbocycles. The molecule has 1 heterocycles. The van der Waals surface area contributed by atoms with Crippen molar-refractivity contribution in [2.75, 3.05) is 0 Å². The Balaban J connectivity index is 1.82. The SMILES string of the molecule is CC(=O)N(Cc1ccc(F)cc1)[C@H](Cc1ccccc1)C(=O)NCc1ccco1. The van der Waals surface area contributed by atoms with E-state index in [1.807, 2.05) is 30.3 Å². The van der Waals surface area contributed by atoms with Gasteiger partial charge in [-0.25, -0.2) is 4.39 Å². The Labute approximate surface area is 169 Å². The van der Waals surface area contributed by atoms with Gasteiger partial charge >= 0.3 is 0 Å². The monoisotopic (exact) mass is 394 g/mol. The number of nitrogens with zero attached hydrogens (tertiary/aromatic N) is 1. The van der Waals surface area contributed by atoms with E-state index in [0.29, 0.717) is 12.2 Å². The molecule has 2 amide bonds. The minimum atomic E-state index is -0.713. The Bertz CT molecular complexity index is 925. The first-order valence-corrected chi connectivity index (χ1v) is 9.38. The minimum Gasteiger partial charge on any atom is -0.467 e. The van der Waals surface area contributed by atoms with Crippen LogP contribution in [0.2, 0.25) is 0 Å². The lowest BCUT2D eigenvalue weighted by Crippen LogP contribution is -2.49. The molecule has 0 spiro atoms. The molecule has 0 aliphatic rings. The van der Waals surface area contributed by atoms with E-state index in [-0.39, 0.29) is 30.7 Å². The molecular weight excluding hydrogens is 371 g/mol. The zero-order chi connectivity index (χ0) is 20.6. The van der Waals surface area contributed by atoms with Gasteiger partial charge < -0.3 is 14.6 Å². The van der Waals surface area contributed by atoms with E-state index in [4.69, 9.17) is 4.42 Å². The van der Waals surface area contributed by atoms with Crippen molar-refractivity contribution in [3.63, 3.8) is 0 Å². The number of carbonyl (C=O) groups excluding carboxylic acids is 2. The third-order valence-electron chi connectivity index (χ3n) is 4.64. The van der Waals surface area contributed by atoms with E-state index < -0.39 is 6.04 Å². The summed E-state index contributed by atoms with van der Waals surface area (Å²) in [6, 6.07) is 18.3. The smallest absolute Gasteiger partial charge is 0.243 e. The molecule has 0 saturated heterocycles. The fourth-order valence-electron chi connectivity index (χ4n) is 3.11. The maximum atomic E-state index is 13.2. The fraction of sp³-hybridized carbons (Fsp3) is 0.217. The molecule has 1 N–H and O–H groups in total. The lowest BCUT2D eigenvalue weighted by Gasteiger charge is -2.30. The molecule has 150 valence electrons. The lowest BCUT2D eigenvalue weighted by atomic mass is 10.0. The topological polar surface area (TPSA) is 62.6 Å². The van der Waals surface area contributed by atoms with Crippen molar-refractivity contribution in [1.82, 2.24) is 10.2 Å². The van der Waals surface area contributed by atoms with Gasteiger partial charge in [0.25, 0.3) is 0 Å². The number of hydrogen-bond donors (Lipinski definition) is 1. The van der Waals surface area contributed by atoms with Crippen LogP contribution < -0.4 is 5.32 Å². The van der Waals surface area contributed by atoms with Crippen molar-refractivity contribution in [3.8, 4) is 0 Å². The molecule has 0 fully saturated rings. The Morgan fingerprint density at radius 3 is 2.34 bits per heavy atom. The van der Waals surface area contributed by atoms with E-state index in [1.54, 1.807) is 30.5 Å². The van der Waals surface area contributed by atoms with Gasteiger partial charge in [0.2, 0.25) is 11.8 Å². The number of benzene rings is 2. The Morgan fingerprint density at radius 2 is 1.72 bits per heavy atom. The molecule has 3 aromatic rings. The molecule has 0 radical (unpaired) electrons. The van der Waals surface area contributed by atoms with Gasteiger partial charge in [-0.3, -0.25) is 9.59 Å². The van der Waals surface area contributed by atoms with Crippen LogP contribution in [0.4, 0.5) is 4.39 Å². The van der Waals surface area contributed by atoms with E-state index in [1.165, 1.54) is 24.0 Å². The summed E-state index contributed by atoms with van der Waals surface area (Å²) in [6.45, 7) is 1.88. The third-order valence-corrected chi connectivity index (χ3v) is 4.64. The van der Waals surface area contributed by atoms with Crippen LogP contribution in [0.25, 0.3) is 0 Å². The number of furan rings is 1. The van der Waals surface area contributed by atoms with Crippen molar-refractivity contribution in [2.24, 2.45) is 0 Å². The summed E-state index contributed by atoms with van der Waals surface area (Å²) in [4.78, 5) is 27.0. The van der Waals surface area contributed by atoms with Gasteiger partial charge in [-0.2, -0.15) is 0 Å². The summed E-state index contributed by atoms with van der Waals surface area (Å²) in [7, 11) is 0. The van der Waals surface area contributed by atoms with Crippen molar-refractivity contribution < 1.29 is 18.4 Å². The summed E-state index contributed by atoms with van der Waals surface area (Å²) < 4.78 is 18.5. The maximum Gasteiger partial charge on any atom is 0.243 e. The summed E-state index contributed by atoms with van der Waals surface area (Å²) in [5.41, 5.74) is 1.69. The van der Waals surface area contributed by atoms with Crippen molar-refractivity contribution >= 4 is 11.8 Å². The molecular formula is C23H23FN2O3. The molecule has 0 saturated carbocycles. The molecule has 1 aromatic heterocycles. The lowest BCUT2D eigenvalue weighted by molar-refractivity contribution is -0.139. The molecule has 0 unspecified atom stereocenters. The maximum absolute atomic E-state index is 13.2. The standard InChI is InChI=1S/C23H23FN2O3/c1-17(27)26(16-19-9-11-20(24)12-10-19)22(14-18-6-3-2-4-7-18)23(28)25-15-21-8-5-13-29-21/h2-13,22H,14-16H2,1H3,(H,25,28)/t22-/m1/s1. The predicted octanol–water partition coefficient (Wildman–Crippen LogP) is 3.69. The van der Waals surface area contributed by atoms with Crippen LogP contribution in [0, 0.1) is 5.82 Å². The highest BCUT2D eigenvalue weighted by molar-refractivity contribution is 5.87. The molecule has 3 rings (SSSR count). The predicted molar refractivity (Wildman–Crippen MR) is 107 cm³/mol. The zero-order valence-corrected chi connectivity index (χ0v) is 16.2. The number of amides is 2. The second-order valence-corrected chi connectivity index (χ2v) is 6.78. The van der Waals surface area contributed by atoms with Crippen molar-refractivity contribution in [3.05, 3.63) is 95.7 Å². The zero-order valence-electron chi connectivity index (χ0n) is 16.2. The summed E-state index contributed by atoms with van der Waals surface area (Å²) >= 11 is 0. The Kier molecular flexibility index (Phi) is 6.79. The second-order valence-electron chi connectivity index (χ2n) is 6.78. The molecule has 0 bridgehead atoms. The molecule has 1 atom stereocenters. The van der Waals surface area contributed by atoms with E-state index in [0.717, 1.165) is 11.1 Å². The Hall–Kier alpha value is -3.41. The first-order chi connectivity index (χ1) is 14.0. The molecule has 5 nitrogen and oxygen atoms in total. The quantitative estimate of drug-likeness (QED) is 0.634. The fourth-order valence-corrected chi connectivity index (χ4v) is 3.11. The van der Waals surface area contributed by atoms with Gasteiger partial charge in [-0.15, -0.1) is 0 Å². The number of hydrogen-bond acceptors (Lipinski definition) is 3. The number of halogens is 1. The second kappa shape index (κ2) is 9.68. The van der Waals surface area contributed by atoms with Gasteiger partial charge in [0.05, 0.1) is 12.8 Å². The summed E-state index contributed by atoms with van der Waals surface area (Å²) in [5, 5.41) is 2.85. The van der Waals surface area contributed by atoms with Crippen LogP contribution in [0.1, 0.15) is 23.8 Å². The normalized spacial score (nSPS) is 11.7. The van der Waals surface area contributed by atoms with Crippen LogP contribution in [0.5, 0.6) is 0 Å². The van der Waals surface area contributed by atoms with Gasteiger partial charge in [0.15, 0.2) is 0 Å². The molecule has 6 heteroatoms. The number of carbonyl (C=O) groups is 2. The largest absolute Gasteiger partial charge is 0.467 e. The van der Waals surface area contributed by atoms with Crippen molar-refractivity contribution in [2.45, 2.75) is 32.5 Å². The third kappa shape index (κ3) is 5.78. The van der Waals surface area contributed by atoms with Crippen LogP contribution in [0.15, 0.2) is 77.4 Å². The van der Waals surface area contributed by atoms with Crippen LogP contribution in [-0.4, -0.2) is 22.8 Å². The molecule has 29 heavy (non-hydrogen) atoms. The van der Waals surface area contributed by atoms with E-state index in [2.05, 4.69) is 5.32 Å². The van der Waals surface area contributed by atoms with Gasteiger partial charge in [0.1, 0.15) is 17.6 Å². The van der Waals surface area contributed by atoms with E-state index in [9.17, 15) is 14.0 Å². The highest BCUT2D eigenvalue weighted by Crippen LogP contribution is 2.15. The summed E-state index contributed by atoms with van der Waals surface area (Å²) in [5.74, 6) is -0.226. The average molecular weight is 394 g/mol. The van der Waals surface area contributed by atoms with E-state index >= 15 is 0 Å². The highest BCUT2D eigenvalue weighted by atomic mass is 19.1. The Morgan fingerprint density at radius 1 is 1.00 bits per heavy atom. The van der Waals surface area contributed by atoms with Crippen LogP contribution in [-0.2, 0) is 29.1 Å². The first kappa shape index (κ1) is 20.3. The summed E-state index contributed by atoms with van der Waals surface area (Å²) in [6.07, 6.45) is 1.91. The molecule has 0 aliphatic heterocycles. The minimum absolute atomic E-state index is 0.210. The highest BCUT2D eigenvalue weighted by Gasteiger charge is 2.28. The van der Waals surface area contributed by atoms with Crippen LogP contribution in [0.3, 0.4) is 0 Å². The van der Waals surface area contributed by atoms with Gasteiger partial charge in [0, 0.05) is 19.9 Å². The molecule has 2 aromatic carbocycles. The van der Waals surface area contributed by atoms with Crippen LogP contribution >= 0.6 is 0 Å². The average Bonchev–Trinajstić information content (AvgIpc) is 3.24. The van der Waals surface area contributed by atoms with Crippen molar-refractivity contribution in [1.29, 1.82) is 0 Å². The number of rotatable bonds is 8. The van der Waals surface area contributed by atoms with Gasteiger partial charge in [-0.05, 0) is 35.4 Å².